The summed E-state index contributed by atoms with van der Waals surface area (Å²) in [6, 6.07) is -0.902. The van der Waals surface area contributed by atoms with Crippen molar-refractivity contribution in [2.75, 3.05) is 6.54 Å². The highest BCUT2D eigenvalue weighted by atomic mass is 35.5. The fraction of sp³-hybridized carbons (Fsp3) is 0.600. The summed E-state index contributed by atoms with van der Waals surface area (Å²) in [5.41, 5.74) is 0. The van der Waals surface area contributed by atoms with E-state index in [9.17, 15) is 9.59 Å². The van der Waals surface area contributed by atoms with E-state index >= 15 is 0 Å². The number of carbonyl (C=O) groups excluding carboxylic acids is 2. The zero-order valence-electron chi connectivity index (χ0n) is 8.92. The summed E-state index contributed by atoms with van der Waals surface area (Å²) < 4.78 is 0. The predicted octanol–water partition coefficient (Wildman–Crippen LogP) is 0.864. The minimum absolute atomic E-state index is 0.0913. The maximum absolute atomic E-state index is 11.9. The second-order valence-electron chi connectivity index (χ2n) is 3.63. The molecule has 0 aromatic heterocycles. The van der Waals surface area contributed by atoms with Crippen molar-refractivity contribution in [1.29, 1.82) is 0 Å². The number of rotatable bonds is 3. The summed E-state index contributed by atoms with van der Waals surface area (Å²) in [6.07, 6.45) is 0.586. The third-order valence-electron chi connectivity index (χ3n) is 2.49. The molecule has 1 saturated heterocycles. The molecule has 0 aliphatic carbocycles. The van der Waals surface area contributed by atoms with Crippen LogP contribution in [-0.4, -0.2) is 35.3 Å². The average Bonchev–Trinajstić information content (AvgIpc) is 2.18. The quantitative estimate of drug-likeness (QED) is 0.782. The minimum Gasteiger partial charge on any atom is -0.343 e. The van der Waals surface area contributed by atoms with E-state index in [1.807, 2.05) is 6.92 Å². The lowest BCUT2D eigenvalue weighted by atomic mass is 10.1. The Bertz CT molecular complexity index is 304. The Morgan fingerprint density at radius 2 is 2.20 bits per heavy atom. The molecule has 1 aliphatic heterocycles. The molecule has 1 fully saturated rings. The van der Waals surface area contributed by atoms with Gasteiger partial charge in [0.1, 0.15) is 12.1 Å². The summed E-state index contributed by atoms with van der Waals surface area (Å²) in [5, 5.41) is 3.03. The molecular weight excluding hydrogens is 216 g/mol. The van der Waals surface area contributed by atoms with E-state index in [2.05, 4.69) is 11.9 Å². The topological polar surface area (TPSA) is 49.4 Å². The molecule has 15 heavy (non-hydrogen) atoms. The van der Waals surface area contributed by atoms with Crippen molar-refractivity contribution in [3.8, 4) is 0 Å². The lowest BCUT2D eigenvalue weighted by Gasteiger charge is -2.36. The van der Waals surface area contributed by atoms with Crippen molar-refractivity contribution >= 4 is 23.4 Å². The summed E-state index contributed by atoms with van der Waals surface area (Å²) in [6.45, 7) is 7.29. The van der Waals surface area contributed by atoms with Crippen LogP contribution < -0.4 is 5.32 Å². The van der Waals surface area contributed by atoms with Gasteiger partial charge >= 0.3 is 0 Å². The van der Waals surface area contributed by atoms with Gasteiger partial charge in [-0.2, -0.15) is 0 Å². The van der Waals surface area contributed by atoms with Crippen LogP contribution in [0.15, 0.2) is 11.6 Å². The Hall–Kier alpha value is -1.03. The van der Waals surface area contributed by atoms with Crippen LogP contribution in [-0.2, 0) is 9.59 Å². The molecule has 0 saturated carbocycles. The normalized spacial score (nSPS) is 26.5. The SMILES string of the molecule is C=C(Cl)CN1C(=O)C(CC)NC(=O)C1C. The van der Waals surface area contributed by atoms with E-state index in [0.717, 1.165) is 0 Å². The van der Waals surface area contributed by atoms with Crippen LogP contribution >= 0.6 is 11.6 Å². The molecule has 1 heterocycles. The van der Waals surface area contributed by atoms with Crippen molar-refractivity contribution in [1.82, 2.24) is 10.2 Å². The maximum Gasteiger partial charge on any atom is 0.246 e. The molecule has 2 amide bonds. The molecule has 0 spiro atoms. The standard InChI is InChI=1S/C10H15ClN2O2/c1-4-8-10(15)13(5-6(2)11)7(3)9(14)12-8/h7-8H,2,4-5H2,1,3H3,(H,12,14). The van der Waals surface area contributed by atoms with Crippen LogP contribution in [0.4, 0.5) is 0 Å². The van der Waals surface area contributed by atoms with Gasteiger partial charge in [0, 0.05) is 5.03 Å². The number of nitrogens with zero attached hydrogens (tertiary/aromatic N) is 1. The number of halogens is 1. The first-order valence-electron chi connectivity index (χ1n) is 4.91. The Morgan fingerprint density at radius 1 is 1.60 bits per heavy atom. The van der Waals surface area contributed by atoms with Crippen molar-refractivity contribution in [2.24, 2.45) is 0 Å². The van der Waals surface area contributed by atoms with Gasteiger partial charge in [0.25, 0.3) is 0 Å². The smallest absolute Gasteiger partial charge is 0.246 e. The van der Waals surface area contributed by atoms with Gasteiger partial charge in [-0.25, -0.2) is 0 Å². The fourth-order valence-corrected chi connectivity index (χ4v) is 1.69. The number of amides is 2. The van der Waals surface area contributed by atoms with Gasteiger partial charge in [-0.05, 0) is 13.3 Å². The zero-order valence-corrected chi connectivity index (χ0v) is 9.67. The third-order valence-corrected chi connectivity index (χ3v) is 2.61. The summed E-state index contributed by atoms with van der Waals surface area (Å²) >= 11 is 5.66. The Labute approximate surface area is 94.3 Å². The molecule has 5 heteroatoms. The van der Waals surface area contributed by atoms with Crippen LogP contribution in [0.25, 0.3) is 0 Å². The number of nitrogens with one attached hydrogen (secondary N) is 1. The van der Waals surface area contributed by atoms with E-state index in [1.165, 1.54) is 4.90 Å². The number of carbonyl (C=O) groups is 2. The van der Waals surface area contributed by atoms with Crippen molar-refractivity contribution in [3.63, 3.8) is 0 Å². The first-order valence-corrected chi connectivity index (χ1v) is 5.29. The maximum atomic E-state index is 11.9. The highest BCUT2D eigenvalue weighted by Crippen LogP contribution is 2.14. The predicted molar refractivity (Wildman–Crippen MR) is 58.4 cm³/mol. The molecule has 0 radical (unpaired) electrons. The molecule has 1 N–H and O–H groups in total. The van der Waals surface area contributed by atoms with Crippen molar-refractivity contribution in [2.45, 2.75) is 32.4 Å². The lowest BCUT2D eigenvalue weighted by Crippen LogP contribution is -2.62. The molecule has 2 unspecified atom stereocenters. The second kappa shape index (κ2) is 4.66. The summed E-state index contributed by atoms with van der Waals surface area (Å²) in [7, 11) is 0. The average molecular weight is 231 g/mol. The third kappa shape index (κ3) is 2.50. The Balaban J connectivity index is 2.84. The molecule has 0 aromatic carbocycles. The van der Waals surface area contributed by atoms with Gasteiger partial charge in [-0.1, -0.05) is 25.1 Å². The highest BCUT2D eigenvalue weighted by Gasteiger charge is 2.36. The van der Waals surface area contributed by atoms with E-state index in [-0.39, 0.29) is 18.4 Å². The monoisotopic (exact) mass is 230 g/mol. The first-order chi connectivity index (χ1) is 6.97. The van der Waals surface area contributed by atoms with Crippen LogP contribution in [0, 0.1) is 0 Å². The molecule has 84 valence electrons. The largest absolute Gasteiger partial charge is 0.343 e. The first kappa shape index (κ1) is 12.0. The van der Waals surface area contributed by atoms with E-state index in [0.29, 0.717) is 11.5 Å². The Morgan fingerprint density at radius 3 is 2.67 bits per heavy atom. The van der Waals surface area contributed by atoms with Crippen LogP contribution in [0.5, 0.6) is 0 Å². The van der Waals surface area contributed by atoms with Crippen LogP contribution in [0.3, 0.4) is 0 Å². The van der Waals surface area contributed by atoms with Gasteiger partial charge in [-0.15, -0.1) is 0 Å². The van der Waals surface area contributed by atoms with Gasteiger partial charge in [-0.3, -0.25) is 9.59 Å². The zero-order chi connectivity index (χ0) is 11.6. The van der Waals surface area contributed by atoms with Crippen LogP contribution in [0.2, 0.25) is 0 Å². The van der Waals surface area contributed by atoms with Gasteiger partial charge in [0.2, 0.25) is 11.8 Å². The number of hydrogen-bond acceptors (Lipinski definition) is 2. The molecule has 2 atom stereocenters. The number of hydrogen-bond donors (Lipinski definition) is 1. The second-order valence-corrected chi connectivity index (χ2v) is 4.16. The summed E-state index contributed by atoms with van der Waals surface area (Å²) in [5.74, 6) is -0.231. The van der Waals surface area contributed by atoms with Crippen molar-refractivity contribution < 1.29 is 9.59 Å². The highest BCUT2D eigenvalue weighted by molar-refractivity contribution is 6.29. The summed E-state index contributed by atoms with van der Waals surface area (Å²) in [4.78, 5) is 24.8. The van der Waals surface area contributed by atoms with E-state index in [1.54, 1.807) is 6.92 Å². The molecule has 0 bridgehead atoms. The van der Waals surface area contributed by atoms with Crippen LogP contribution in [0.1, 0.15) is 20.3 Å². The molecule has 4 nitrogen and oxygen atoms in total. The Kier molecular flexibility index (Phi) is 3.74. The van der Waals surface area contributed by atoms with Gasteiger partial charge in [0.05, 0.1) is 6.54 Å². The van der Waals surface area contributed by atoms with Crippen molar-refractivity contribution in [3.05, 3.63) is 11.6 Å². The molecule has 1 aliphatic rings. The number of piperazine rings is 1. The minimum atomic E-state index is -0.476. The van der Waals surface area contributed by atoms with E-state index in [4.69, 9.17) is 11.6 Å². The molecular formula is C10H15ClN2O2. The fourth-order valence-electron chi connectivity index (χ4n) is 1.56. The molecule has 0 aromatic rings. The molecule has 1 rings (SSSR count). The van der Waals surface area contributed by atoms with Gasteiger partial charge < -0.3 is 10.2 Å². The van der Waals surface area contributed by atoms with Gasteiger partial charge in [0.15, 0.2) is 0 Å². The lowest BCUT2D eigenvalue weighted by molar-refractivity contribution is -0.148. The van der Waals surface area contributed by atoms with E-state index < -0.39 is 12.1 Å².